The Morgan fingerprint density at radius 1 is 1.18 bits per heavy atom. The maximum atomic E-state index is 12.4. The van der Waals surface area contributed by atoms with Crippen molar-refractivity contribution in [2.75, 3.05) is 0 Å². The Balaban J connectivity index is 2.01. The number of rotatable bonds is 6. The van der Waals surface area contributed by atoms with Crippen LogP contribution in [0.25, 0.3) is 0 Å². The molecule has 1 saturated carbocycles. The molecule has 6 heteroatoms. The first-order valence-electron chi connectivity index (χ1n) is 8.73. The topological polar surface area (TPSA) is 70.3 Å². The fourth-order valence-corrected chi connectivity index (χ4v) is 4.74. The van der Waals surface area contributed by atoms with Gasteiger partial charge in [-0.25, -0.2) is 0 Å². The van der Waals surface area contributed by atoms with E-state index in [0.717, 1.165) is 0 Å². The molecule has 3 atom stereocenters. The molecule has 0 aromatic heterocycles. The second-order valence-electron chi connectivity index (χ2n) is 7.38. The van der Waals surface area contributed by atoms with E-state index in [0.29, 0.717) is 20.5 Å². The van der Waals surface area contributed by atoms with E-state index in [2.05, 4.69) is 37.9 Å². The van der Waals surface area contributed by atoms with Crippen LogP contribution in [0.3, 0.4) is 0 Å². The SMILES string of the molecule is CC1(C)[C@@H](C=C(Br)Br)[C@@]1(C(=O)O)C(C#N)c1cccc(Oc2ccccc2)c1. The lowest BCUT2D eigenvalue weighted by atomic mass is 9.78. The van der Waals surface area contributed by atoms with Crippen molar-refractivity contribution in [1.82, 2.24) is 0 Å². The van der Waals surface area contributed by atoms with E-state index in [9.17, 15) is 15.2 Å². The normalized spacial score (nSPS) is 23.2. The molecular formula is C22H19Br2NO3. The van der Waals surface area contributed by atoms with Gasteiger partial charge in [-0.1, -0.05) is 50.3 Å². The number of hydrogen-bond donors (Lipinski definition) is 1. The zero-order valence-corrected chi connectivity index (χ0v) is 18.6. The molecule has 1 aliphatic carbocycles. The van der Waals surface area contributed by atoms with Crippen LogP contribution < -0.4 is 4.74 Å². The van der Waals surface area contributed by atoms with Crippen LogP contribution >= 0.6 is 31.9 Å². The van der Waals surface area contributed by atoms with Crippen molar-refractivity contribution in [3.05, 3.63) is 69.6 Å². The molecule has 1 fully saturated rings. The first-order valence-corrected chi connectivity index (χ1v) is 10.3. The summed E-state index contributed by atoms with van der Waals surface area (Å²) in [5, 5.41) is 20.1. The van der Waals surface area contributed by atoms with Gasteiger partial charge in [-0.15, -0.1) is 0 Å². The lowest BCUT2D eigenvalue weighted by Crippen LogP contribution is -2.28. The summed E-state index contributed by atoms with van der Waals surface area (Å²) in [5.41, 5.74) is -1.17. The van der Waals surface area contributed by atoms with Gasteiger partial charge >= 0.3 is 5.97 Å². The van der Waals surface area contributed by atoms with Gasteiger partial charge in [-0.2, -0.15) is 5.26 Å². The van der Waals surface area contributed by atoms with E-state index in [4.69, 9.17) is 4.74 Å². The fraction of sp³-hybridized carbons (Fsp3) is 0.273. The summed E-state index contributed by atoms with van der Waals surface area (Å²) in [6, 6.07) is 18.7. The highest BCUT2D eigenvalue weighted by Crippen LogP contribution is 2.75. The zero-order chi connectivity index (χ0) is 20.5. The van der Waals surface area contributed by atoms with Crippen molar-refractivity contribution in [3.8, 4) is 17.6 Å². The van der Waals surface area contributed by atoms with Gasteiger partial charge in [0.2, 0.25) is 0 Å². The molecule has 0 radical (unpaired) electrons. The number of para-hydroxylation sites is 1. The van der Waals surface area contributed by atoms with Crippen LogP contribution in [0.5, 0.6) is 11.5 Å². The van der Waals surface area contributed by atoms with Crippen LogP contribution in [0.4, 0.5) is 0 Å². The summed E-state index contributed by atoms with van der Waals surface area (Å²) in [6.45, 7) is 3.78. The quantitative estimate of drug-likeness (QED) is 0.491. The number of nitriles is 1. The molecule has 1 unspecified atom stereocenters. The van der Waals surface area contributed by atoms with E-state index in [-0.39, 0.29) is 5.92 Å². The van der Waals surface area contributed by atoms with Crippen molar-refractivity contribution >= 4 is 37.8 Å². The van der Waals surface area contributed by atoms with Crippen molar-refractivity contribution in [1.29, 1.82) is 5.26 Å². The van der Waals surface area contributed by atoms with Crippen LogP contribution in [0, 0.1) is 28.1 Å². The highest BCUT2D eigenvalue weighted by molar-refractivity contribution is 9.28. The Kier molecular flexibility index (Phi) is 5.69. The molecule has 2 aromatic carbocycles. The number of hydrogen-bond acceptors (Lipinski definition) is 3. The van der Waals surface area contributed by atoms with E-state index < -0.39 is 22.7 Å². The molecule has 0 aliphatic heterocycles. The maximum Gasteiger partial charge on any atom is 0.312 e. The van der Waals surface area contributed by atoms with Crippen LogP contribution in [-0.2, 0) is 4.79 Å². The zero-order valence-electron chi connectivity index (χ0n) is 15.4. The molecule has 3 rings (SSSR count). The number of nitrogens with zero attached hydrogens (tertiary/aromatic N) is 1. The monoisotopic (exact) mass is 503 g/mol. The van der Waals surface area contributed by atoms with Crippen molar-refractivity contribution in [3.63, 3.8) is 0 Å². The van der Waals surface area contributed by atoms with E-state index in [1.165, 1.54) is 0 Å². The molecule has 0 spiro atoms. The average molecular weight is 505 g/mol. The molecule has 0 amide bonds. The van der Waals surface area contributed by atoms with Gasteiger partial charge in [0.15, 0.2) is 0 Å². The Bertz CT molecular complexity index is 961. The Labute approximate surface area is 181 Å². The summed E-state index contributed by atoms with van der Waals surface area (Å²) in [7, 11) is 0. The van der Waals surface area contributed by atoms with Crippen LogP contribution in [0.15, 0.2) is 64.1 Å². The highest BCUT2D eigenvalue weighted by Gasteiger charge is 2.78. The Hall–Kier alpha value is -2.10. The van der Waals surface area contributed by atoms with Gasteiger partial charge in [-0.05, 0) is 67.1 Å². The molecule has 1 aliphatic rings. The summed E-state index contributed by atoms with van der Waals surface area (Å²) in [5.74, 6) is -0.843. The van der Waals surface area contributed by atoms with Crippen LogP contribution in [0.1, 0.15) is 25.3 Å². The lowest BCUT2D eigenvalue weighted by Gasteiger charge is -2.22. The number of ether oxygens (including phenoxy) is 1. The summed E-state index contributed by atoms with van der Waals surface area (Å²) >= 11 is 6.65. The first kappa shape index (κ1) is 20.6. The van der Waals surface area contributed by atoms with E-state index in [1.807, 2.05) is 50.3 Å². The third-order valence-electron chi connectivity index (χ3n) is 5.65. The molecule has 1 N–H and O–H groups in total. The number of allylic oxidation sites excluding steroid dienone is 1. The molecule has 4 nitrogen and oxygen atoms in total. The molecule has 28 heavy (non-hydrogen) atoms. The summed E-state index contributed by atoms with van der Waals surface area (Å²) in [6.07, 6.45) is 1.82. The first-order chi connectivity index (χ1) is 13.2. The largest absolute Gasteiger partial charge is 0.481 e. The number of aliphatic carboxylic acids is 1. The predicted molar refractivity (Wildman–Crippen MR) is 115 cm³/mol. The number of halogens is 2. The molecule has 0 bridgehead atoms. The van der Waals surface area contributed by atoms with Gasteiger partial charge in [0, 0.05) is 5.92 Å². The smallest absolute Gasteiger partial charge is 0.312 e. The van der Waals surface area contributed by atoms with Gasteiger partial charge < -0.3 is 9.84 Å². The average Bonchev–Trinajstić information content (AvgIpc) is 3.12. The fourth-order valence-electron chi connectivity index (χ4n) is 4.21. The standard InChI is InChI=1S/C22H19Br2NO3/c1-21(2)18(12-19(23)24)22(21,20(26)27)17(13-25)14-7-6-10-16(11-14)28-15-8-4-3-5-9-15/h3-12,17-18H,1-2H3,(H,26,27)/t17?,18-,22-/m1/s1. The molecule has 0 saturated heterocycles. The van der Waals surface area contributed by atoms with E-state index in [1.54, 1.807) is 24.3 Å². The number of carboxylic acids is 1. The van der Waals surface area contributed by atoms with Gasteiger partial charge in [0.25, 0.3) is 0 Å². The van der Waals surface area contributed by atoms with Crippen molar-refractivity contribution in [2.45, 2.75) is 19.8 Å². The van der Waals surface area contributed by atoms with Gasteiger partial charge in [0.1, 0.15) is 16.9 Å². The summed E-state index contributed by atoms with van der Waals surface area (Å²) < 4.78 is 6.55. The van der Waals surface area contributed by atoms with Crippen molar-refractivity contribution < 1.29 is 14.6 Å². The highest BCUT2D eigenvalue weighted by atomic mass is 79.9. The second-order valence-corrected chi connectivity index (χ2v) is 10.2. The van der Waals surface area contributed by atoms with Gasteiger partial charge in [-0.3, -0.25) is 4.79 Å². The molecular weight excluding hydrogens is 486 g/mol. The molecule has 144 valence electrons. The maximum absolute atomic E-state index is 12.4. The number of carboxylic acid groups (broad SMARTS) is 1. The lowest BCUT2D eigenvalue weighted by molar-refractivity contribution is -0.145. The number of benzene rings is 2. The third-order valence-corrected chi connectivity index (χ3v) is 6.18. The summed E-state index contributed by atoms with van der Waals surface area (Å²) in [4.78, 5) is 12.4. The minimum absolute atomic E-state index is 0.297. The predicted octanol–water partition coefficient (Wildman–Crippen LogP) is 6.44. The van der Waals surface area contributed by atoms with Crippen molar-refractivity contribution in [2.24, 2.45) is 16.7 Å². The Morgan fingerprint density at radius 2 is 1.82 bits per heavy atom. The number of carbonyl (C=O) groups is 1. The van der Waals surface area contributed by atoms with Gasteiger partial charge in [0.05, 0.1) is 15.4 Å². The van der Waals surface area contributed by atoms with E-state index >= 15 is 0 Å². The third kappa shape index (κ3) is 3.38. The Morgan fingerprint density at radius 3 is 2.39 bits per heavy atom. The second kappa shape index (κ2) is 7.73. The molecule has 2 aromatic rings. The molecule has 0 heterocycles. The van der Waals surface area contributed by atoms with Crippen LogP contribution in [-0.4, -0.2) is 11.1 Å². The minimum Gasteiger partial charge on any atom is -0.481 e. The van der Waals surface area contributed by atoms with Crippen LogP contribution in [0.2, 0.25) is 0 Å². The minimum atomic E-state index is -1.22.